The first-order valence-corrected chi connectivity index (χ1v) is 26.3. The second-order valence-corrected chi connectivity index (χ2v) is 18.1. The second kappa shape index (κ2) is 49.2. The summed E-state index contributed by atoms with van der Waals surface area (Å²) in [5, 5.41) is 33.4. The highest BCUT2D eigenvalue weighted by Gasteiger charge is 2.20. The standard InChI is InChI=1S/C54H103NO4/c1-3-5-7-9-11-13-15-17-19-21-23-24-25-26-27-28-30-31-33-35-37-39-41-43-45-47-51(57)49-54(59)55-52(50-56)53(58)48-46-44-42-40-38-36-34-32-29-22-20-18-16-14-12-10-8-6-4-2/h26-27,38,40,46,48,51-53,56-58H,3-25,28-37,39,41-45,47,49-50H2,1-2H3,(H,55,59)/b27-26-,40-38+,48-46+. The van der Waals surface area contributed by atoms with Gasteiger partial charge in [-0.05, 0) is 57.8 Å². The van der Waals surface area contributed by atoms with Gasteiger partial charge in [0.25, 0.3) is 0 Å². The van der Waals surface area contributed by atoms with Crippen molar-refractivity contribution < 1.29 is 20.1 Å². The van der Waals surface area contributed by atoms with Crippen LogP contribution in [0.4, 0.5) is 0 Å². The zero-order chi connectivity index (χ0) is 43.0. The van der Waals surface area contributed by atoms with Gasteiger partial charge in [0.2, 0.25) is 5.91 Å². The average molecular weight is 830 g/mol. The Hall–Kier alpha value is -1.43. The quantitative estimate of drug-likeness (QED) is 0.0363. The number of carbonyl (C=O) groups excluding carboxylic acids is 1. The van der Waals surface area contributed by atoms with Crippen molar-refractivity contribution in [2.45, 2.75) is 295 Å². The number of amides is 1. The molecule has 0 aliphatic carbocycles. The van der Waals surface area contributed by atoms with Crippen LogP contribution in [0.1, 0.15) is 277 Å². The lowest BCUT2D eigenvalue weighted by molar-refractivity contribution is -0.124. The summed E-state index contributed by atoms with van der Waals surface area (Å²) >= 11 is 0. The van der Waals surface area contributed by atoms with E-state index in [0.29, 0.717) is 6.42 Å². The summed E-state index contributed by atoms with van der Waals surface area (Å²) in [6.45, 7) is 4.23. The molecule has 0 radical (unpaired) electrons. The summed E-state index contributed by atoms with van der Waals surface area (Å²) in [6.07, 6.45) is 63.2. The largest absolute Gasteiger partial charge is 0.394 e. The Balaban J connectivity index is 3.62. The van der Waals surface area contributed by atoms with E-state index in [1.54, 1.807) is 6.08 Å². The molecule has 0 aromatic carbocycles. The molecule has 0 saturated heterocycles. The number of aliphatic hydroxyl groups is 3. The van der Waals surface area contributed by atoms with Crippen LogP contribution < -0.4 is 5.32 Å². The molecule has 0 spiro atoms. The van der Waals surface area contributed by atoms with Crippen molar-refractivity contribution in [1.29, 1.82) is 0 Å². The molecule has 0 bridgehead atoms. The first kappa shape index (κ1) is 57.6. The van der Waals surface area contributed by atoms with E-state index < -0.39 is 18.2 Å². The van der Waals surface area contributed by atoms with E-state index in [1.165, 1.54) is 218 Å². The van der Waals surface area contributed by atoms with Gasteiger partial charge < -0.3 is 20.6 Å². The van der Waals surface area contributed by atoms with Crippen LogP contribution in [0.25, 0.3) is 0 Å². The van der Waals surface area contributed by atoms with Crippen LogP contribution in [0, 0.1) is 0 Å². The number of hydrogen-bond acceptors (Lipinski definition) is 4. The molecule has 0 aromatic rings. The number of aliphatic hydroxyl groups excluding tert-OH is 3. The Morgan fingerprint density at radius 1 is 0.424 bits per heavy atom. The van der Waals surface area contributed by atoms with Crippen LogP contribution in [0.3, 0.4) is 0 Å². The summed E-state index contributed by atoms with van der Waals surface area (Å²) < 4.78 is 0. The highest BCUT2D eigenvalue weighted by molar-refractivity contribution is 5.76. The van der Waals surface area contributed by atoms with Crippen LogP contribution in [-0.2, 0) is 4.79 Å². The van der Waals surface area contributed by atoms with Gasteiger partial charge in [-0.1, -0.05) is 249 Å². The molecular weight excluding hydrogens is 727 g/mol. The monoisotopic (exact) mass is 830 g/mol. The van der Waals surface area contributed by atoms with Gasteiger partial charge in [-0.15, -0.1) is 0 Å². The predicted octanol–water partition coefficient (Wildman–Crippen LogP) is 15.9. The van der Waals surface area contributed by atoms with Crippen LogP contribution in [-0.4, -0.2) is 46.1 Å². The molecule has 1 amide bonds. The summed E-state index contributed by atoms with van der Waals surface area (Å²) in [7, 11) is 0. The molecule has 348 valence electrons. The smallest absolute Gasteiger partial charge is 0.222 e. The zero-order valence-corrected chi connectivity index (χ0v) is 39.6. The van der Waals surface area contributed by atoms with Crippen molar-refractivity contribution >= 4 is 5.91 Å². The number of allylic oxidation sites excluding steroid dienone is 5. The number of carbonyl (C=O) groups is 1. The molecule has 3 unspecified atom stereocenters. The maximum absolute atomic E-state index is 12.5. The van der Waals surface area contributed by atoms with Crippen molar-refractivity contribution in [2.75, 3.05) is 6.61 Å². The average Bonchev–Trinajstić information content (AvgIpc) is 3.23. The highest BCUT2D eigenvalue weighted by Crippen LogP contribution is 2.16. The van der Waals surface area contributed by atoms with Crippen LogP contribution in [0.2, 0.25) is 0 Å². The lowest BCUT2D eigenvalue weighted by Crippen LogP contribution is -2.45. The first-order chi connectivity index (χ1) is 29.0. The van der Waals surface area contributed by atoms with Gasteiger partial charge in [0.15, 0.2) is 0 Å². The summed E-state index contributed by atoms with van der Waals surface area (Å²) in [5.74, 6) is -0.324. The Kier molecular flexibility index (Phi) is 48.0. The van der Waals surface area contributed by atoms with Crippen molar-refractivity contribution in [3.05, 3.63) is 36.5 Å². The van der Waals surface area contributed by atoms with Crippen molar-refractivity contribution in [1.82, 2.24) is 5.32 Å². The molecule has 5 nitrogen and oxygen atoms in total. The molecule has 4 N–H and O–H groups in total. The maximum atomic E-state index is 12.5. The fraction of sp³-hybridized carbons (Fsp3) is 0.870. The lowest BCUT2D eigenvalue weighted by Gasteiger charge is -2.21. The van der Waals surface area contributed by atoms with Gasteiger partial charge in [-0.3, -0.25) is 4.79 Å². The van der Waals surface area contributed by atoms with E-state index in [4.69, 9.17) is 0 Å². The molecular formula is C54H103NO4. The molecule has 0 aliphatic rings. The fourth-order valence-electron chi connectivity index (χ4n) is 8.12. The van der Waals surface area contributed by atoms with E-state index in [9.17, 15) is 20.1 Å². The normalized spacial score (nSPS) is 13.6. The molecule has 0 rings (SSSR count). The van der Waals surface area contributed by atoms with Crippen molar-refractivity contribution in [3.63, 3.8) is 0 Å². The van der Waals surface area contributed by atoms with Gasteiger partial charge >= 0.3 is 0 Å². The molecule has 0 saturated carbocycles. The molecule has 0 aromatic heterocycles. The predicted molar refractivity (Wildman–Crippen MR) is 259 cm³/mol. The minimum absolute atomic E-state index is 0.00553. The topological polar surface area (TPSA) is 89.8 Å². The van der Waals surface area contributed by atoms with E-state index in [0.717, 1.165) is 32.1 Å². The van der Waals surface area contributed by atoms with Crippen molar-refractivity contribution in [2.24, 2.45) is 0 Å². The summed E-state index contributed by atoms with van der Waals surface area (Å²) in [4.78, 5) is 12.5. The Morgan fingerprint density at radius 3 is 1.08 bits per heavy atom. The van der Waals surface area contributed by atoms with Gasteiger partial charge in [0.05, 0.1) is 31.3 Å². The zero-order valence-electron chi connectivity index (χ0n) is 39.6. The fourth-order valence-corrected chi connectivity index (χ4v) is 8.12. The van der Waals surface area contributed by atoms with Crippen LogP contribution >= 0.6 is 0 Å². The molecule has 0 heterocycles. The molecule has 3 atom stereocenters. The highest BCUT2D eigenvalue weighted by atomic mass is 16.3. The first-order valence-electron chi connectivity index (χ1n) is 26.3. The van der Waals surface area contributed by atoms with Crippen molar-refractivity contribution in [3.8, 4) is 0 Å². The van der Waals surface area contributed by atoms with Gasteiger partial charge in [-0.2, -0.15) is 0 Å². The number of hydrogen-bond donors (Lipinski definition) is 4. The summed E-state index contributed by atoms with van der Waals surface area (Å²) in [6, 6.07) is -0.762. The van der Waals surface area contributed by atoms with Gasteiger partial charge in [-0.25, -0.2) is 0 Å². The number of rotatable bonds is 48. The Labute approximate surface area is 368 Å². The molecule has 0 aliphatic heterocycles. The van der Waals surface area contributed by atoms with Crippen LogP contribution in [0.5, 0.6) is 0 Å². The number of unbranched alkanes of at least 4 members (excludes halogenated alkanes) is 35. The van der Waals surface area contributed by atoms with E-state index in [2.05, 4.69) is 43.5 Å². The number of nitrogens with one attached hydrogen (secondary N) is 1. The Bertz CT molecular complexity index is 916. The minimum atomic E-state index is -0.952. The van der Waals surface area contributed by atoms with E-state index >= 15 is 0 Å². The third kappa shape index (κ3) is 45.9. The third-order valence-corrected chi connectivity index (χ3v) is 12.1. The lowest BCUT2D eigenvalue weighted by atomic mass is 10.0. The van der Waals surface area contributed by atoms with Crippen LogP contribution in [0.15, 0.2) is 36.5 Å². The van der Waals surface area contributed by atoms with E-state index in [1.807, 2.05) is 6.08 Å². The Morgan fingerprint density at radius 2 is 0.729 bits per heavy atom. The SMILES string of the molecule is CCCCCCCCCCCCCC/C=C\CCCCCCCCCCCC(O)CC(=O)NC(CO)C(O)/C=C/CC/C=C/CCCCCCCCCCCCCCC. The molecule has 5 heteroatoms. The minimum Gasteiger partial charge on any atom is -0.394 e. The second-order valence-electron chi connectivity index (χ2n) is 18.1. The van der Waals surface area contributed by atoms with Gasteiger partial charge in [0, 0.05) is 0 Å². The molecule has 0 fully saturated rings. The van der Waals surface area contributed by atoms with Gasteiger partial charge in [0.1, 0.15) is 0 Å². The third-order valence-electron chi connectivity index (χ3n) is 12.1. The molecule has 59 heavy (non-hydrogen) atoms. The maximum Gasteiger partial charge on any atom is 0.222 e. The van der Waals surface area contributed by atoms with E-state index in [-0.39, 0.29) is 18.9 Å². The summed E-state index contributed by atoms with van der Waals surface area (Å²) in [5.41, 5.74) is 0.